The summed E-state index contributed by atoms with van der Waals surface area (Å²) in [6, 6.07) is 5.70. The van der Waals surface area contributed by atoms with E-state index in [4.69, 9.17) is 15.2 Å². The maximum absolute atomic E-state index is 9.43. The lowest BCUT2D eigenvalue weighted by molar-refractivity contribution is 0.176. The topological polar surface area (TPSA) is 68.0 Å². The average Bonchev–Trinajstić information content (AvgIpc) is 2.46. The van der Waals surface area contributed by atoms with Crippen molar-refractivity contribution < 1.29 is 14.6 Å². The summed E-state index contributed by atoms with van der Waals surface area (Å²) in [7, 11) is 3.29. The number of rotatable bonds is 4. The number of nitrogens with two attached hydrogens (primary N) is 1. The number of piperidine rings is 1. The van der Waals surface area contributed by atoms with E-state index in [1.807, 2.05) is 18.2 Å². The van der Waals surface area contributed by atoms with E-state index in [9.17, 15) is 5.11 Å². The first-order chi connectivity index (χ1) is 9.11. The van der Waals surface area contributed by atoms with Crippen LogP contribution in [0.5, 0.6) is 11.5 Å². The van der Waals surface area contributed by atoms with Gasteiger partial charge in [-0.15, -0.1) is 0 Å². The highest BCUT2D eigenvalue weighted by Crippen LogP contribution is 2.35. The molecule has 2 rings (SSSR count). The van der Waals surface area contributed by atoms with Gasteiger partial charge in [-0.3, -0.25) is 0 Å². The summed E-state index contributed by atoms with van der Waals surface area (Å²) in [6.45, 7) is 1.52. The number of methoxy groups -OCH3 is 2. The van der Waals surface area contributed by atoms with Gasteiger partial charge in [0.05, 0.1) is 32.1 Å². The van der Waals surface area contributed by atoms with Crippen molar-refractivity contribution in [3.8, 4) is 11.5 Å². The molecule has 0 spiro atoms. The molecule has 1 saturated heterocycles. The van der Waals surface area contributed by atoms with Crippen LogP contribution in [0.3, 0.4) is 0 Å². The summed E-state index contributed by atoms with van der Waals surface area (Å²) in [5.41, 5.74) is 6.61. The normalized spacial score (nSPS) is 23.3. The second-order valence-corrected chi connectivity index (χ2v) is 5.08. The quantitative estimate of drug-likeness (QED) is 0.851. The molecular weight excluding hydrogens is 244 g/mol. The molecule has 19 heavy (non-hydrogen) atoms. The van der Waals surface area contributed by atoms with Crippen molar-refractivity contribution in [2.45, 2.75) is 18.4 Å². The number of nitrogens with zero attached hydrogens (tertiary/aromatic N) is 1. The molecule has 1 fully saturated rings. The maximum Gasteiger partial charge on any atom is 0.142 e. The van der Waals surface area contributed by atoms with Crippen LogP contribution >= 0.6 is 0 Å². The van der Waals surface area contributed by atoms with Gasteiger partial charge in [-0.25, -0.2) is 0 Å². The third kappa shape index (κ3) is 2.93. The maximum atomic E-state index is 9.43. The molecule has 106 valence electrons. The van der Waals surface area contributed by atoms with Crippen molar-refractivity contribution in [3.63, 3.8) is 0 Å². The molecule has 3 N–H and O–H groups in total. The Morgan fingerprint density at radius 1 is 1.37 bits per heavy atom. The summed E-state index contributed by atoms with van der Waals surface area (Å²) in [4.78, 5) is 2.15. The Labute approximate surface area is 113 Å². The standard InChI is InChI=1S/C14H22N2O3/c1-18-11-4-5-13(19-2)12(8-11)16-7-3-6-14(15,9-16)10-17/h4-5,8,17H,3,6-7,9-10,15H2,1-2H3. The van der Waals surface area contributed by atoms with Crippen LogP contribution in [0, 0.1) is 0 Å². The molecule has 0 bridgehead atoms. The van der Waals surface area contributed by atoms with Gasteiger partial charge in [0.1, 0.15) is 11.5 Å². The van der Waals surface area contributed by atoms with Crippen molar-refractivity contribution >= 4 is 5.69 Å². The Hall–Kier alpha value is -1.46. The molecule has 1 atom stereocenters. The Kier molecular flexibility index (Phi) is 4.17. The van der Waals surface area contributed by atoms with E-state index in [1.54, 1.807) is 14.2 Å². The van der Waals surface area contributed by atoms with E-state index in [2.05, 4.69) is 4.90 Å². The van der Waals surface area contributed by atoms with E-state index >= 15 is 0 Å². The molecule has 1 aromatic rings. The number of anilines is 1. The molecule has 0 aromatic heterocycles. The van der Waals surface area contributed by atoms with Crippen LogP contribution in [0.4, 0.5) is 5.69 Å². The van der Waals surface area contributed by atoms with Crippen LogP contribution in [0.1, 0.15) is 12.8 Å². The number of aliphatic hydroxyl groups excluding tert-OH is 1. The van der Waals surface area contributed by atoms with Crippen molar-refractivity contribution in [1.82, 2.24) is 0 Å². The van der Waals surface area contributed by atoms with E-state index in [0.717, 1.165) is 36.6 Å². The summed E-state index contributed by atoms with van der Waals surface area (Å²) in [5, 5.41) is 9.43. The van der Waals surface area contributed by atoms with Gasteiger partial charge in [0, 0.05) is 19.2 Å². The van der Waals surface area contributed by atoms with Gasteiger partial charge < -0.3 is 25.2 Å². The third-order valence-electron chi connectivity index (χ3n) is 3.65. The fourth-order valence-corrected chi connectivity index (χ4v) is 2.54. The van der Waals surface area contributed by atoms with Crippen LogP contribution in [0.2, 0.25) is 0 Å². The van der Waals surface area contributed by atoms with Gasteiger partial charge in [-0.05, 0) is 25.0 Å². The zero-order valence-electron chi connectivity index (χ0n) is 11.6. The molecule has 1 aliphatic heterocycles. The molecule has 0 radical (unpaired) electrons. The van der Waals surface area contributed by atoms with E-state index < -0.39 is 5.54 Å². The number of hydrogen-bond donors (Lipinski definition) is 2. The van der Waals surface area contributed by atoms with E-state index in [-0.39, 0.29) is 6.61 Å². The van der Waals surface area contributed by atoms with Gasteiger partial charge in [-0.2, -0.15) is 0 Å². The van der Waals surface area contributed by atoms with Gasteiger partial charge in [0.25, 0.3) is 0 Å². The van der Waals surface area contributed by atoms with Crippen molar-refractivity contribution in [2.24, 2.45) is 5.73 Å². The van der Waals surface area contributed by atoms with Crippen molar-refractivity contribution in [1.29, 1.82) is 0 Å². The van der Waals surface area contributed by atoms with Crippen LogP contribution in [-0.2, 0) is 0 Å². The predicted molar refractivity (Wildman–Crippen MR) is 75.0 cm³/mol. The fraction of sp³-hybridized carbons (Fsp3) is 0.571. The fourth-order valence-electron chi connectivity index (χ4n) is 2.54. The highest BCUT2D eigenvalue weighted by molar-refractivity contribution is 5.62. The molecule has 5 nitrogen and oxygen atoms in total. The van der Waals surface area contributed by atoms with Crippen molar-refractivity contribution in [2.75, 3.05) is 38.8 Å². The number of hydrogen-bond acceptors (Lipinski definition) is 5. The van der Waals surface area contributed by atoms with Gasteiger partial charge >= 0.3 is 0 Å². The molecule has 1 unspecified atom stereocenters. The molecule has 1 aliphatic rings. The molecule has 0 saturated carbocycles. The minimum Gasteiger partial charge on any atom is -0.497 e. The van der Waals surface area contributed by atoms with Crippen LogP contribution in [0.25, 0.3) is 0 Å². The number of benzene rings is 1. The molecule has 5 heteroatoms. The Morgan fingerprint density at radius 3 is 2.79 bits per heavy atom. The van der Waals surface area contributed by atoms with Gasteiger partial charge in [-0.1, -0.05) is 0 Å². The van der Waals surface area contributed by atoms with E-state index in [1.165, 1.54) is 0 Å². The SMILES string of the molecule is COc1ccc(OC)c(N2CCCC(N)(CO)C2)c1. The van der Waals surface area contributed by atoms with Gasteiger partial charge in [0.15, 0.2) is 0 Å². The van der Waals surface area contributed by atoms with Crippen LogP contribution < -0.4 is 20.1 Å². The van der Waals surface area contributed by atoms with Gasteiger partial charge in [0.2, 0.25) is 0 Å². The smallest absolute Gasteiger partial charge is 0.142 e. The predicted octanol–water partition coefficient (Wildman–Crippen LogP) is 0.994. The van der Waals surface area contributed by atoms with E-state index in [0.29, 0.717) is 6.54 Å². The molecule has 0 amide bonds. The third-order valence-corrected chi connectivity index (χ3v) is 3.65. The zero-order chi connectivity index (χ0) is 13.9. The lowest BCUT2D eigenvalue weighted by Gasteiger charge is -2.40. The first-order valence-corrected chi connectivity index (χ1v) is 6.48. The molecule has 1 heterocycles. The minimum absolute atomic E-state index is 0.00418. The molecule has 1 aromatic carbocycles. The second kappa shape index (κ2) is 5.67. The summed E-state index contributed by atoms with van der Waals surface area (Å²) < 4.78 is 10.7. The highest BCUT2D eigenvalue weighted by Gasteiger charge is 2.32. The Bertz CT molecular complexity index is 439. The monoisotopic (exact) mass is 266 g/mol. The zero-order valence-corrected chi connectivity index (χ0v) is 11.6. The second-order valence-electron chi connectivity index (χ2n) is 5.08. The first kappa shape index (κ1) is 14.0. The first-order valence-electron chi connectivity index (χ1n) is 6.48. The summed E-state index contributed by atoms with van der Waals surface area (Å²) >= 11 is 0. The van der Waals surface area contributed by atoms with Crippen molar-refractivity contribution in [3.05, 3.63) is 18.2 Å². The molecular formula is C14H22N2O3. The van der Waals surface area contributed by atoms with Crippen LogP contribution in [-0.4, -0.2) is 44.6 Å². The molecule has 0 aliphatic carbocycles. The Balaban J connectivity index is 2.29. The largest absolute Gasteiger partial charge is 0.497 e. The lowest BCUT2D eigenvalue weighted by atomic mass is 9.90. The summed E-state index contributed by atoms with van der Waals surface area (Å²) in [6.07, 6.45) is 1.80. The highest BCUT2D eigenvalue weighted by atomic mass is 16.5. The number of ether oxygens (including phenoxy) is 2. The summed E-state index contributed by atoms with van der Waals surface area (Å²) in [5.74, 6) is 1.58. The Morgan fingerprint density at radius 2 is 2.16 bits per heavy atom. The number of aliphatic hydroxyl groups is 1. The minimum atomic E-state index is -0.535. The van der Waals surface area contributed by atoms with Crippen LogP contribution in [0.15, 0.2) is 18.2 Å². The average molecular weight is 266 g/mol. The lowest BCUT2D eigenvalue weighted by Crippen LogP contribution is -2.56.